The molecule has 0 saturated heterocycles. The lowest BCUT2D eigenvalue weighted by molar-refractivity contribution is 0.536. The molecule has 82 valence electrons. The van der Waals surface area contributed by atoms with Crippen molar-refractivity contribution in [2.45, 2.75) is 12.5 Å². The number of hydrazine groups is 1. The first kappa shape index (κ1) is 10.7. The van der Waals surface area contributed by atoms with Crippen LogP contribution in [0.1, 0.15) is 17.3 Å². The van der Waals surface area contributed by atoms with E-state index in [2.05, 4.69) is 27.5 Å². The van der Waals surface area contributed by atoms with E-state index in [1.807, 2.05) is 18.2 Å². The number of hydrogen-bond donors (Lipinski definition) is 2. The molecule has 2 rings (SSSR count). The summed E-state index contributed by atoms with van der Waals surface area (Å²) in [6.07, 6.45) is 5.85. The Morgan fingerprint density at radius 1 is 1.19 bits per heavy atom. The summed E-state index contributed by atoms with van der Waals surface area (Å²) in [5, 5.41) is 0. The van der Waals surface area contributed by atoms with Gasteiger partial charge in [0.25, 0.3) is 0 Å². The highest BCUT2D eigenvalue weighted by atomic mass is 15.2. The minimum absolute atomic E-state index is 0.00361. The molecule has 4 nitrogen and oxygen atoms in total. The third-order valence-electron chi connectivity index (χ3n) is 2.42. The average molecular weight is 214 g/mol. The number of nitrogens with one attached hydrogen (secondary N) is 1. The first-order valence-electron chi connectivity index (χ1n) is 5.16. The normalized spacial score (nSPS) is 12.3. The molecule has 0 amide bonds. The van der Waals surface area contributed by atoms with Gasteiger partial charge in [0.05, 0.1) is 17.9 Å². The fourth-order valence-corrected chi connectivity index (χ4v) is 1.59. The van der Waals surface area contributed by atoms with Crippen molar-refractivity contribution in [2.75, 3.05) is 0 Å². The summed E-state index contributed by atoms with van der Waals surface area (Å²) < 4.78 is 0. The lowest BCUT2D eigenvalue weighted by Crippen LogP contribution is -2.30. The minimum Gasteiger partial charge on any atom is -0.271 e. The molecular weight excluding hydrogens is 200 g/mol. The van der Waals surface area contributed by atoms with Crippen LogP contribution in [-0.4, -0.2) is 9.97 Å². The van der Waals surface area contributed by atoms with Crippen LogP contribution in [0.15, 0.2) is 48.9 Å². The van der Waals surface area contributed by atoms with E-state index in [0.717, 1.165) is 12.1 Å². The number of rotatable bonds is 4. The largest absolute Gasteiger partial charge is 0.271 e. The van der Waals surface area contributed by atoms with Crippen molar-refractivity contribution in [3.8, 4) is 0 Å². The van der Waals surface area contributed by atoms with E-state index in [4.69, 9.17) is 5.84 Å². The highest BCUT2D eigenvalue weighted by Gasteiger charge is 2.11. The van der Waals surface area contributed by atoms with Gasteiger partial charge in [-0.05, 0) is 12.0 Å². The van der Waals surface area contributed by atoms with Crippen LogP contribution >= 0.6 is 0 Å². The predicted octanol–water partition coefficient (Wildman–Crippen LogP) is 1.22. The van der Waals surface area contributed by atoms with E-state index in [1.165, 1.54) is 5.56 Å². The fraction of sp³-hybridized carbons (Fsp3) is 0.167. The third kappa shape index (κ3) is 2.62. The summed E-state index contributed by atoms with van der Waals surface area (Å²) in [5.74, 6) is 5.53. The molecule has 0 radical (unpaired) electrons. The zero-order valence-corrected chi connectivity index (χ0v) is 8.88. The van der Waals surface area contributed by atoms with Gasteiger partial charge in [0.2, 0.25) is 0 Å². The van der Waals surface area contributed by atoms with Crippen LogP contribution in [0, 0.1) is 0 Å². The molecule has 3 N–H and O–H groups in total. The summed E-state index contributed by atoms with van der Waals surface area (Å²) in [7, 11) is 0. The number of nitrogens with two attached hydrogens (primary N) is 1. The van der Waals surface area contributed by atoms with Crippen molar-refractivity contribution in [2.24, 2.45) is 5.84 Å². The van der Waals surface area contributed by atoms with Crippen LogP contribution in [0.3, 0.4) is 0 Å². The molecule has 0 aliphatic rings. The highest BCUT2D eigenvalue weighted by Crippen LogP contribution is 2.14. The van der Waals surface area contributed by atoms with Crippen molar-refractivity contribution >= 4 is 0 Å². The van der Waals surface area contributed by atoms with E-state index in [0.29, 0.717) is 0 Å². The summed E-state index contributed by atoms with van der Waals surface area (Å²) in [4.78, 5) is 8.28. The van der Waals surface area contributed by atoms with Crippen LogP contribution in [0.4, 0.5) is 0 Å². The summed E-state index contributed by atoms with van der Waals surface area (Å²) in [6, 6.07) is 10.2. The minimum atomic E-state index is -0.00361. The van der Waals surface area contributed by atoms with Gasteiger partial charge in [0, 0.05) is 12.4 Å². The number of nitrogens with zero attached hydrogens (tertiary/aromatic N) is 2. The van der Waals surface area contributed by atoms with Gasteiger partial charge in [-0.2, -0.15) is 0 Å². The van der Waals surface area contributed by atoms with Crippen molar-refractivity contribution in [1.29, 1.82) is 0 Å². The van der Waals surface area contributed by atoms with Gasteiger partial charge in [-0.25, -0.2) is 0 Å². The molecule has 0 aliphatic carbocycles. The average Bonchev–Trinajstić information content (AvgIpc) is 2.38. The first-order chi connectivity index (χ1) is 7.90. The van der Waals surface area contributed by atoms with Crippen LogP contribution in [0.25, 0.3) is 0 Å². The molecular formula is C12H14N4. The molecule has 0 fully saturated rings. The van der Waals surface area contributed by atoms with Gasteiger partial charge < -0.3 is 0 Å². The smallest absolute Gasteiger partial charge is 0.0772 e. The molecule has 2 aromatic rings. The van der Waals surface area contributed by atoms with Crippen LogP contribution in [0.5, 0.6) is 0 Å². The Morgan fingerprint density at radius 3 is 2.62 bits per heavy atom. The monoisotopic (exact) mass is 214 g/mol. The van der Waals surface area contributed by atoms with Gasteiger partial charge in [0.15, 0.2) is 0 Å². The van der Waals surface area contributed by atoms with E-state index in [9.17, 15) is 0 Å². The third-order valence-corrected chi connectivity index (χ3v) is 2.42. The highest BCUT2D eigenvalue weighted by molar-refractivity contribution is 5.18. The van der Waals surface area contributed by atoms with E-state index in [1.54, 1.807) is 18.6 Å². The van der Waals surface area contributed by atoms with Crippen LogP contribution in [0.2, 0.25) is 0 Å². The predicted molar refractivity (Wildman–Crippen MR) is 62.2 cm³/mol. The lowest BCUT2D eigenvalue weighted by atomic mass is 10.0. The topological polar surface area (TPSA) is 63.8 Å². The SMILES string of the molecule is NNC(Cc1ccccc1)c1cnccn1. The Kier molecular flexibility index (Phi) is 3.58. The maximum atomic E-state index is 5.53. The maximum Gasteiger partial charge on any atom is 0.0772 e. The van der Waals surface area contributed by atoms with Gasteiger partial charge in [-0.1, -0.05) is 30.3 Å². The standard InChI is InChI=1S/C12H14N4/c13-16-11(12-9-14-6-7-15-12)8-10-4-2-1-3-5-10/h1-7,9,11,16H,8,13H2. The molecule has 16 heavy (non-hydrogen) atoms. The number of benzene rings is 1. The van der Waals surface area contributed by atoms with Gasteiger partial charge >= 0.3 is 0 Å². The molecule has 0 bridgehead atoms. The quantitative estimate of drug-likeness (QED) is 0.593. The Hall–Kier alpha value is -1.78. The van der Waals surface area contributed by atoms with E-state index in [-0.39, 0.29) is 6.04 Å². The van der Waals surface area contributed by atoms with Crippen molar-refractivity contribution in [3.63, 3.8) is 0 Å². The number of aromatic nitrogens is 2. The van der Waals surface area contributed by atoms with Gasteiger partial charge in [0.1, 0.15) is 0 Å². The van der Waals surface area contributed by atoms with Crippen molar-refractivity contribution in [1.82, 2.24) is 15.4 Å². The first-order valence-corrected chi connectivity index (χ1v) is 5.16. The van der Waals surface area contributed by atoms with Crippen molar-refractivity contribution < 1.29 is 0 Å². The molecule has 1 unspecified atom stereocenters. The summed E-state index contributed by atoms with van der Waals surface area (Å²) >= 11 is 0. The Labute approximate surface area is 94.5 Å². The summed E-state index contributed by atoms with van der Waals surface area (Å²) in [6.45, 7) is 0. The maximum absolute atomic E-state index is 5.53. The lowest BCUT2D eigenvalue weighted by Gasteiger charge is -2.14. The fourth-order valence-electron chi connectivity index (χ4n) is 1.59. The van der Waals surface area contributed by atoms with Crippen molar-refractivity contribution in [3.05, 3.63) is 60.2 Å². The molecule has 0 saturated carbocycles. The van der Waals surface area contributed by atoms with E-state index >= 15 is 0 Å². The Bertz CT molecular complexity index is 416. The summed E-state index contributed by atoms with van der Waals surface area (Å²) in [5.41, 5.74) is 4.84. The van der Waals surface area contributed by atoms with Crippen LogP contribution in [-0.2, 0) is 6.42 Å². The zero-order chi connectivity index (χ0) is 11.2. The molecule has 4 heteroatoms. The van der Waals surface area contributed by atoms with Gasteiger partial charge in [-0.15, -0.1) is 0 Å². The molecule has 1 heterocycles. The molecule has 1 aromatic heterocycles. The second-order valence-corrected chi connectivity index (χ2v) is 3.54. The Morgan fingerprint density at radius 2 is 2.00 bits per heavy atom. The second-order valence-electron chi connectivity index (χ2n) is 3.54. The molecule has 0 spiro atoms. The molecule has 1 aromatic carbocycles. The Balaban J connectivity index is 2.13. The zero-order valence-electron chi connectivity index (χ0n) is 8.88. The molecule has 1 atom stereocenters. The van der Waals surface area contributed by atoms with E-state index < -0.39 is 0 Å². The molecule has 0 aliphatic heterocycles. The second kappa shape index (κ2) is 5.34. The van der Waals surface area contributed by atoms with Crippen LogP contribution < -0.4 is 11.3 Å². The number of hydrogen-bond acceptors (Lipinski definition) is 4. The van der Waals surface area contributed by atoms with Gasteiger partial charge in [-0.3, -0.25) is 21.2 Å².